The highest BCUT2D eigenvalue weighted by molar-refractivity contribution is 5.82. The second-order valence-electron chi connectivity index (χ2n) is 7.64. The standard InChI is InChI=1S/C24H23N5O/c1-16-11-18-9-5-6-10-22(18)29(16)24-27-21-14-25-19(15-30)12-20(21)23(28-24)26-13-17-7-3-2-4-8-17/h2-11,15,19,25H,12-14H2,1H3,(H,26,27,28). The summed E-state index contributed by atoms with van der Waals surface area (Å²) in [5.74, 6) is 1.44. The van der Waals surface area contributed by atoms with Gasteiger partial charge in [0.15, 0.2) is 0 Å². The summed E-state index contributed by atoms with van der Waals surface area (Å²) in [6.45, 7) is 3.28. The molecule has 0 saturated heterocycles. The molecule has 30 heavy (non-hydrogen) atoms. The number of para-hydroxylation sites is 1. The molecule has 6 nitrogen and oxygen atoms in total. The first-order chi connectivity index (χ1) is 14.7. The molecule has 0 amide bonds. The molecule has 0 spiro atoms. The fourth-order valence-corrected chi connectivity index (χ4v) is 4.08. The number of anilines is 1. The van der Waals surface area contributed by atoms with E-state index < -0.39 is 0 Å². The minimum Gasteiger partial charge on any atom is -0.366 e. The second kappa shape index (κ2) is 7.72. The van der Waals surface area contributed by atoms with Crippen molar-refractivity contribution in [3.63, 3.8) is 0 Å². The second-order valence-corrected chi connectivity index (χ2v) is 7.64. The number of rotatable bonds is 5. The van der Waals surface area contributed by atoms with Gasteiger partial charge in [-0.1, -0.05) is 48.5 Å². The van der Waals surface area contributed by atoms with E-state index >= 15 is 0 Å². The predicted octanol–water partition coefficient (Wildman–Crippen LogP) is 3.55. The van der Waals surface area contributed by atoms with Crippen LogP contribution in [0.4, 0.5) is 5.82 Å². The number of aldehydes is 1. The lowest BCUT2D eigenvalue weighted by Crippen LogP contribution is -2.38. The van der Waals surface area contributed by atoms with E-state index in [4.69, 9.17) is 9.97 Å². The van der Waals surface area contributed by atoms with Crippen molar-refractivity contribution in [2.45, 2.75) is 32.5 Å². The number of nitrogens with zero attached hydrogens (tertiary/aromatic N) is 3. The van der Waals surface area contributed by atoms with E-state index in [2.05, 4.69) is 52.5 Å². The minimum absolute atomic E-state index is 0.210. The van der Waals surface area contributed by atoms with Crippen LogP contribution in [0.2, 0.25) is 0 Å². The first-order valence-corrected chi connectivity index (χ1v) is 10.2. The van der Waals surface area contributed by atoms with Crippen LogP contribution < -0.4 is 10.6 Å². The van der Waals surface area contributed by atoms with Crippen molar-refractivity contribution in [1.29, 1.82) is 0 Å². The van der Waals surface area contributed by atoms with Crippen LogP contribution in [0.5, 0.6) is 0 Å². The molecule has 3 heterocycles. The van der Waals surface area contributed by atoms with Crippen LogP contribution in [0, 0.1) is 6.92 Å². The highest BCUT2D eigenvalue weighted by Crippen LogP contribution is 2.27. The molecule has 6 heteroatoms. The van der Waals surface area contributed by atoms with E-state index in [1.807, 2.05) is 30.3 Å². The molecule has 2 N–H and O–H groups in total. The molecular formula is C24H23N5O. The molecule has 2 aromatic heterocycles. The van der Waals surface area contributed by atoms with Gasteiger partial charge in [0.2, 0.25) is 5.95 Å². The number of carbonyl (C=O) groups excluding carboxylic acids is 1. The number of hydrogen-bond donors (Lipinski definition) is 2. The van der Waals surface area contributed by atoms with Gasteiger partial charge in [0.1, 0.15) is 12.1 Å². The summed E-state index contributed by atoms with van der Waals surface area (Å²) < 4.78 is 2.09. The van der Waals surface area contributed by atoms with Crippen LogP contribution in [-0.4, -0.2) is 26.9 Å². The van der Waals surface area contributed by atoms with Gasteiger partial charge in [0, 0.05) is 29.7 Å². The molecule has 1 aliphatic heterocycles. The lowest BCUT2D eigenvalue weighted by molar-refractivity contribution is -0.109. The third-order valence-electron chi connectivity index (χ3n) is 5.60. The maximum Gasteiger partial charge on any atom is 0.236 e. The summed E-state index contributed by atoms with van der Waals surface area (Å²) >= 11 is 0. The Kier molecular flexibility index (Phi) is 4.77. The van der Waals surface area contributed by atoms with Crippen molar-refractivity contribution < 1.29 is 4.79 Å². The molecule has 0 fully saturated rings. The Bertz CT molecular complexity index is 1220. The van der Waals surface area contributed by atoms with Crippen LogP contribution in [0.1, 0.15) is 22.5 Å². The van der Waals surface area contributed by atoms with Crippen molar-refractivity contribution in [3.05, 3.63) is 83.2 Å². The number of aromatic nitrogens is 3. The van der Waals surface area contributed by atoms with Crippen LogP contribution in [0.15, 0.2) is 60.7 Å². The van der Waals surface area contributed by atoms with Crippen molar-refractivity contribution >= 4 is 23.0 Å². The van der Waals surface area contributed by atoms with E-state index in [9.17, 15) is 4.79 Å². The van der Waals surface area contributed by atoms with Crippen LogP contribution in [0.3, 0.4) is 0 Å². The van der Waals surface area contributed by atoms with Gasteiger partial charge in [-0.05, 0) is 31.0 Å². The third-order valence-corrected chi connectivity index (χ3v) is 5.60. The number of carbonyl (C=O) groups is 1. The van der Waals surface area contributed by atoms with Crippen LogP contribution in [-0.2, 0) is 24.3 Å². The van der Waals surface area contributed by atoms with Crippen molar-refractivity contribution in [1.82, 2.24) is 19.9 Å². The Hall–Kier alpha value is -3.51. The van der Waals surface area contributed by atoms with E-state index in [1.165, 1.54) is 5.56 Å². The molecule has 0 bridgehead atoms. The largest absolute Gasteiger partial charge is 0.366 e. The Morgan fingerprint density at radius 3 is 2.77 bits per heavy atom. The molecule has 2 aromatic carbocycles. The van der Waals surface area contributed by atoms with Crippen LogP contribution in [0.25, 0.3) is 16.9 Å². The summed E-state index contributed by atoms with van der Waals surface area (Å²) in [4.78, 5) is 21.2. The van der Waals surface area contributed by atoms with E-state index in [0.29, 0.717) is 25.5 Å². The molecule has 150 valence electrons. The average Bonchev–Trinajstić information content (AvgIpc) is 3.13. The quantitative estimate of drug-likeness (QED) is 0.504. The number of benzene rings is 2. The molecule has 1 aliphatic rings. The molecule has 1 atom stereocenters. The zero-order valence-corrected chi connectivity index (χ0v) is 16.8. The molecule has 1 unspecified atom stereocenters. The zero-order chi connectivity index (χ0) is 20.5. The predicted molar refractivity (Wildman–Crippen MR) is 118 cm³/mol. The Morgan fingerprint density at radius 2 is 1.93 bits per heavy atom. The number of aryl methyl sites for hydroxylation is 1. The zero-order valence-electron chi connectivity index (χ0n) is 16.8. The normalized spacial score (nSPS) is 15.7. The molecular weight excluding hydrogens is 374 g/mol. The van der Waals surface area contributed by atoms with Gasteiger partial charge < -0.3 is 15.4 Å². The third kappa shape index (κ3) is 3.35. The maximum atomic E-state index is 11.4. The summed E-state index contributed by atoms with van der Waals surface area (Å²) in [5.41, 5.74) is 5.29. The van der Waals surface area contributed by atoms with E-state index in [0.717, 1.165) is 40.0 Å². The van der Waals surface area contributed by atoms with Gasteiger partial charge in [0.25, 0.3) is 0 Å². The van der Waals surface area contributed by atoms with Gasteiger partial charge in [-0.2, -0.15) is 4.98 Å². The fraction of sp³-hybridized carbons (Fsp3) is 0.208. The SMILES string of the molecule is Cc1cc2ccccc2n1-c1nc2c(c(NCc3ccccc3)n1)CC(C=O)NC2. The minimum atomic E-state index is -0.210. The maximum absolute atomic E-state index is 11.4. The summed E-state index contributed by atoms with van der Waals surface area (Å²) in [7, 11) is 0. The molecule has 0 aliphatic carbocycles. The van der Waals surface area contributed by atoms with Crippen molar-refractivity contribution in [2.75, 3.05) is 5.32 Å². The smallest absolute Gasteiger partial charge is 0.236 e. The monoisotopic (exact) mass is 397 g/mol. The first-order valence-electron chi connectivity index (χ1n) is 10.2. The lowest BCUT2D eigenvalue weighted by atomic mass is 10.0. The summed E-state index contributed by atoms with van der Waals surface area (Å²) in [6.07, 6.45) is 1.54. The molecule has 5 rings (SSSR count). The highest BCUT2D eigenvalue weighted by atomic mass is 16.1. The van der Waals surface area contributed by atoms with Crippen molar-refractivity contribution in [2.24, 2.45) is 0 Å². The first kappa shape index (κ1) is 18.5. The van der Waals surface area contributed by atoms with Gasteiger partial charge in [-0.15, -0.1) is 0 Å². The fourth-order valence-electron chi connectivity index (χ4n) is 4.08. The Labute approximate surface area is 175 Å². The van der Waals surface area contributed by atoms with Gasteiger partial charge >= 0.3 is 0 Å². The van der Waals surface area contributed by atoms with Gasteiger partial charge in [0.05, 0.1) is 17.3 Å². The summed E-state index contributed by atoms with van der Waals surface area (Å²) in [5, 5.41) is 7.91. The van der Waals surface area contributed by atoms with Gasteiger partial charge in [-0.3, -0.25) is 4.57 Å². The number of hydrogen-bond acceptors (Lipinski definition) is 5. The molecule has 4 aromatic rings. The Morgan fingerprint density at radius 1 is 1.13 bits per heavy atom. The number of nitrogens with one attached hydrogen (secondary N) is 2. The molecule has 0 radical (unpaired) electrons. The van der Waals surface area contributed by atoms with Crippen molar-refractivity contribution in [3.8, 4) is 5.95 Å². The number of fused-ring (bicyclic) bond motifs is 2. The highest BCUT2D eigenvalue weighted by Gasteiger charge is 2.24. The topological polar surface area (TPSA) is 71.8 Å². The van der Waals surface area contributed by atoms with Gasteiger partial charge in [-0.25, -0.2) is 4.98 Å². The van der Waals surface area contributed by atoms with E-state index in [-0.39, 0.29) is 6.04 Å². The average molecular weight is 397 g/mol. The van der Waals surface area contributed by atoms with E-state index in [1.54, 1.807) is 0 Å². The Balaban J connectivity index is 1.60. The lowest BCUT2D eigenvalue weighted by Gasteiger charge is -2.24. The summed E-state index contributed by atoms with van der Waals surface area (Å²) in [6, 6.07) is 20.4. The van der Waals surface area contributed by atoms with Crippen LogP contribution >= 0.6 is 0 Å². The molecule has 0 saturated carbocycles.